The van der Waals surface area contributed by atoms with Gasteiger partial charge in [0.25, 0.3) is 0 Å². The normalized spacial score (nSPS) is 9.89. The van der Waals surface area contributed by atoms with Gasteiger partial charge in [-0.1, -0.05) is 24.3 Å². The number of nitrogens with zero attached hydrogens (tertiary/aromatic N) is 2. The van der Waals surface area contributed by atoms with E-state index in [9.17, 15) is 0 Å². The lowest BCUT2D eigenvalue weighted by Crippen LogP contribution is -2.18. The van der Waals surface area contributed by atoms with Crippen molar-refractivity contribution in [3.05, 3.63) is 54.1 Å². The Morgan fingerprint density at radius 1 is 1.11 bits per heavy atom. The number of aryl methyl sites for hydroxylation is 1. The van der Waals surface area contributed by atoms with Crippen molar-refractivity contribution in [2.75, 3.05) is 17.2 Å². The van der Waals surface area contributed by atoms with E-state index in [1.54, 1.807) is 0 Å². The third-order valence-corrected chi connectivity index (χ3v) is 3.09. The Morgan fingerprint density at radius 3 is 2.47 bits per heavy atom. The molecule has 2 aromatic carbocycles. The third-order valence-electron chi connectivity index (χ3n) is 3.09. The molecule has 0 bridgehead atoms. The van der Waals surface area contributed by atoms with Crippen LogP contribution in [0.2, 0.25) is 0 Å². The third kappa shape index (κ3) is 3.05. The maximum Gasteiger partial charge on any atom is 0.0640 e. The van der Waals surface area contributed by atoms with Gasteiger partial charge in [0.2, 0.25) is 0 Å². The Kier molecular flexibility index (Phi) is 4.04. The zero-order valence-corrected chi connectivity index (χ0v) is 11.0. The van der Waals surface area contributed by atoms with Crippen molar-refractivity contribution >= 4 is 17.1 Å². The van der Waals surface area contributed by atoms with E-state index in [1.165, 1.54) is 0 Å². The van der Waals surface area contributed by atoms with Crippen LogP contribution in [-0.2, 0) is 0 Å². The number of para-hydroxylation sites is 1. The summed E-state index contributed by atoms with van der Waals surface area (Å²) >= 11 is 0. The molecule has 0 unspecified atom stereocenters. The second kappa shape index (κ2) is 5.92. The van der Waals surface area contributed by atoms with E-state index in [2.05, 4.69) is 11.0 Å². The minimum atomic E-state index is 0.475. The van der Waals surface area contributed by atoms with Crippen molar-refractivity contribution in [3.8, 4) is 6.07 Å². The van der Waals surface area contributed by atoms with Crippen LogP contribution in [0.1, 0.15) is 12.0 Å². The van der Waals surface area contributed by atoms with Gasteiger partial charge in [-0.3, -0.25) is 0 Å². The number of benzene rings is 2. The minimum Gasteiger partial charge on any atom is -0.398 e. The highest BCUT2D eigenvalue weighted by atomic mass is 15.1. The number of anilines is 3. The van der Waals surface area contributed by atoms with Crippen LogP contribution in [0.4, 0.5) is 17.1 Å². The van der Waals surface area contributed by atoms with Crippen LogP contribution in [-0.4, -0.2) is 6.54 Å². The number of hydrogen-bond acceptors (Lipinski definition) is 3. The van der Waals surface area contributed by atoms with E-state index in [-0.39, 0.29) is 0 Å². The molecule has 0 spiro atoms. The van der Waals surface area contributed by atoms with E-state index < -0.39 is 0 Å². The molecule has 3 heteroatoms. The Hall–Kier alpha value is -2.47. The molecule has 0 aromatic heterocycles. The fourth-order valence-electron chi connectivity index (χ4n) is 1.97. The molecule has 2 rings (SSSR count). The van der Waals surface area contributed by atoms with Crippen LogP contribution in [0.3, 0.4) is 0 Å². The second-order valence-electron chi connectivity index (χ2n) is 4.44. The monoisotopic (exact) mass is 251 g/mol. The number of nitrogens with two attached hydrogens (primary N) is 1. The van der Waals surface area contributed by atoms with Crippen molar-refractivity contribution < 1.29 is 0 Å². The van der Waals surface area contributed by atoms with Gasteiger partial charge in [0.1, 0.15) is 0 Å². The van der Waals surface area contributed by atoms with Gasteiger partial charge in [0.05, 0.1) is 12.5 Å². The van der Waals surface area contributed by atoms with Crippen molar-refractivity contribution in [3.63, 3.8) is 0 Å². The lowest BCUT2D eigenvalue weighted by molar-refractivity contribution is 0.948. The maximum absolute atomic E-state index is 8.81. The zero-order valence-electron chi connectivity index (χ0n) is 11.0. The van der Waals surface area contributed by atoms with Gasteiger partial charge in [0.15, 0.2) is 0 Å². The van der Waals surface area contributed by atoms with Gasteiger partial charge in [-0.25, -0.2) is 0 Å². The van der Waals surface area contributed by atoms with Crippen LogP contribution >= 0.6 is 0 Å². The molecule has 2 aromatic rings. The van der Waals surface area contributed by atoms with Gasteiger partial charge < -0.3 is 10.6 Å². The summed E-state index contributed by atoms with van der Waals surface area (Å²) in [7, 11) is 0. The Morgan fingerprint density at radius 2 is 1.84 bits per heavy atom. The molecule has 3 nitrogen and oxygen atoms in total. The molecule has 0 radical (unpaired) electrons. The number of hydrogen-bond donors (Lipinski definition) is 1. The molecular formula is C16H17N3. The molecule has 96 valence electrons. The predicted octanol–water partition coefficient (Wildman–Crippen LogP) is 3.63. The fraction of sp³-hybridized carbons (Fsp3) is 0.188. The van der Waals surface area contributed by atoms with Crippen LogP contribution < -0.4 is 10.6 Å². The zero-order chi connectivity index (χ0) is 13.7. The first-order valence-corrected chi connectivity index (χ1v) is 6.28. The second-order valence-corrected chi connectivity index (χ2v) is 4.44. The summed E-state index contributed by atoms with van der Waals surface area (Å²) in [6, 6.07) is 18.2. The van der Waals surface area contributed by atoms with Crippen molar-refractivity contribution in [1.29, 1.82) is 5.26 Å². The molecule has 0 atom stereocenters. The Balaban J connectivity index is 2.37. The molecular weight excluding hydrogens is 234 g/mol. The fourth-order valence-corrected chi connectivity index (χ4v) is 1.97. The average Bonchev–Trinajstić information content (AvgIpc) is 2.44. The lowest BCUT2D eigenvalue weighted by atomic mass is 10.1. The summed E-state index contributed by atoms with van der Waals surface area (Å²) in [5.74, 6) is 0. The summed E-state index contributed by atoms with van der Waals surface area (Å²) in [5.41, 5.74) is 9.90. The van der Waals surface area contributed by atoms with Crippen LogP contribution in [0.5, 0.6) is 0 Å². The van der Waals surface area contributed by atoms with Gasteiger partial charge in [-0.15, -0.1) is 0 Å². The minimum absolute atomic E-state index is 0.475. The van der Waals surface area contributed by atoms with Crippen molar-refractivity contribution in [1.82, 2.24) is 0 Å². The number of nitriles is 1. The summed E-state index contributed by atoms with van der Waals surface area (Å²) in [5, 5.41) is 8.81. The van der Waals surface area contributed by atoms with Gasteiger partial charge in [0, 0.05) is 23.6 Å². The van der Waals surface area contributed by atoms with Gasteiger partial charge >= 0.3 is 0 Å². The molecule has 0 heterocycles. The van der Waals surface area contributed by atoms with E-state index in [1.807, 2.05) is 55.5 Å². The summed E-state index contributed by atoms with van der Waals surface area (Å²) in [4.78, 5) is 2.11. The first-order valence-electron chi connectivity index (χ1n) is 6.28. The molecule has 19 heavy (non-hydrogen) atoms. The number of nitrogen functional groups attached to an aromatic ring is 1. The summed E-state index contributed by atoms with van der Waals surface area (Å²) < 4.78 is 0. The summed E-state index contributed by atoms with van der Waals surface area (Å²) in [6.45, 7) is 2.64. The first kappa shape index (κ1) is 13.0. The molecule has 0 aliphatic heterocycles. The van der Waals surface area contributed by atoms with E-state index in [0.717, 1.165) is 22.6 Å². The van der Waals surface area contributed by atoms with Crippen LogP contribution in [0, 0.1) is 18.3 Å². The molecule has 0 saturated carbocycles. The topological polar surface area (TPSA) is 53.0 Å². The largest absolute Gasteiger partial charge is 0.398 e. The van der Waals surface area contributed by atoms with Crippen LogP contribution in [0.25, 0.3) is 0 Å². The van der Waals surface area contributed by atoms with E-state index >= 15 is 0 Å². The average molecular weight is 251 g/mol. The molecule has 2 N–H and O–H groups in total. The molecule has 0 amide bonds. The SMILES string of the molecule is Cc1ccc(N(CCC#N)c2ccccc2)cc1N. The lowest BCUT2D eigenvalue weighted by Gasteiger charge is -2.24. The standard InChI is InChI=1S/C16H17N3/c1-13-8-9-15(12-16(13)18)19(11-5-10-17)14-6-3-2-4-7-14/h2-4,6-9,12H,5,11,18H2,1H3. The van der Waals surface area contributed by atoms with Gasteiger partial charge in [-0.05, 0) is 36.8 Å². The first-order chi connectivity index (χ1) is 9.22. The molecule has 0 saturated heterocycles. The maximum atomic E-state index is 8.81. The highest BCUT2D eigenvalue weighted by Crippen LogP contribution is 2.28. The molecule has 0 aliphatic rings. The summed E-state index contributed by atoms with van der Waals surface area (Å²) in [6.07, 6.45) is 0.475. The highest BCUT2D eigenvalue weighted by molar-refractivity contribution is 5.68. The predicted molar refractivity (Wildman–Crippen MR) is 79.3 cm³/mol. The Bertz CT molecular complexity index is 585. The van der Waals surface area contributed by atoms with E-state index in [4.69, 9.17) is 11.0 Å². The van der Waals surface area contributed by atoms with Gasteiger partial charge in [-0.2, -0.15) is 5.26 Å². The number of rotatable bonds is 4. The van der Waals surface area contributed by atoms with E-state index in [0.29, 0.717) is 13.0 Å². The molecule has 0 fully saturated rings. The van der Waals surface area contributed by atoms with Crippen molar-refractivity contribution in [2.24, 2.45) is 0 Å². The quantitative estimate of drug-likeness (QED) is 0.844. The van der Waals surface area contributed by atoms with Crippen LogP contribution in [0.15, 0.2) is 48.5 Å². The Labute approximate surface area is 113 Å². The smallest absolute Gasteiger partial charge is 0.0640 e. The molecule has 0 aliphatic carbocycles. The van der Waals surface area contributed by atoms with Crippen molar-refractivity contribution in [2.45, 2.75) is 13.3 Å². The highest BCUT2D eigenvalue weighted by Gasteiger charge is 2.09.